The summed E-state index contributed by atoms with van der Waals surface area (Å²) in [7, 11) is 0. The number of hydrogen-bond acceptors (Lipinski definition) is 1. The van der Waals surface area contributed by atoms with Gasteiger partial charge < -0.3 is 0 Å². The molecular formula is C6H9N. The molecule has 1 aliphatic rings. The first-order valence-electron chi connectivity index (χ1n) is 2.54. The minimum atomic E-state index is 0.861. The van der Waals surface area contributed by atoms with Crippen LogP contribution in [0.3, 0.4) is 0 Å². The SMILES string of the molecule is C=C1CCC=NC1. The Morgan fingerprint density at radius 3 is 2.86 bits per heavy atom. The fourth-order valence-corrected chi connectivity index (χ4v) is 0.633. The second kappa shape index (κ2) is 1.92. The summed E-state index contributed by atoms with van der Waals surface area (Å²) in [4.78, 5) is 4.03. The van der Waals surface area contributed by atoms with Crippen LogP contribution >= 0.6 is 0 Å². The lowest BCUT2D eigenvalue weighted by molar-refractivity contribution is 0.928. The molecule has 0 radical (unpaired) electrons. The van der Waals surface area contributed by atoms with Crippen LogP contribution in [0.5, 0.6) is 0 Å². The molecule has 0 aromatic rings. The van der Waals surface area contributed by atoms with E-state index >= 15 is 0 Å². The summed E-state index contributed by atoms with van der Waals surface area (Å²) in [5.74, 6) is 0. The Labute approximate surface area is 43.8 Å². The van der Waals surface area contributed by atoms with Gasteiger partial charge in [-0.1, -0.05) is 12.2 Å². The summed E-state index contributed by atoms with van der Waals surface area (Å²) in [6.45, 7) is 4.66. The molecule has 1 rings (SSSR count). The molecule has 0 aromatic heterocycles. The molecule has 7 heavy (non-hydrogen) atoms. The molecule has 0 bridgehead atoms. The van der Waals surface area contributed by atoms with Crippen molar-refractivity contribution < 1.29 is 0 Å². The molecule has 0 atom stereocenters. The number of hydrogen-bond donors (Lipinski definition) is 0. The molecule has 0 amide bonds. The highest BCUT2D eigenvalue weighted by atomic mass is 14.7. The Balaban J connectivity index is 2.47. The van der Waals surface area contributed by atoms with Crippen molar-refractivity contribution in [1.82, 2.24) is 0 Å². The fraction of sp³-hybridized carbons (Fsp3) is 0.500. The predicted molar refractivity (Wildman–Crippen MR) is 31.7 cm³/mol. The lowest BCUT2D eigenvalue weighted by atomic mass is 10.1. The standard InChI is InChI=1S/C6H9N/c1-6-3-2-4-7-5-6/h4H,1-3,5H2. The molecule has 0 spiro atoms. The Morgan fingerprint density at radius 1 is 1.71 bits per heavy atom. The van der Waals surface area contributed by atoms with Crippen molar-refractivity contribution >= 4 is 6.21 Å². The van der Waals surface area contributed by atoms with Crippen molar-refractivity contribution in [3.8, 4) is 0 Å². The minimum absolute atomic E-state index is 0.861. The Hall–Kier alpha value is -0.590. The third kappa shape index (κ3) is 1.15. The molecule has 0 saturated carbocycles. The van der Waals surface area contributed by atoms with Crippen LogP contribution in [0.4, 0.5) is 0 Å². The molecule has 0 N–H and O–H groups in total. The Bertz CT molecular complexity index is 103. The van der Waals surface area contributed by atoms with E-state index < -0.39 is 0 Å². The van der Waals surface area contributed by atoms with Crippen LogP contribution in [0.1, 0.15) is 12.8 Å². The van der Waals surface area contributed by atoms with Gasteiger partial charge in [0, 0.05) is 0 Å². The number of aliphatic imine (C=N–C) groups is 1. The minimum Gasteiger partial charge on any atom is -0.293 e. The lowest BCUT2D eigenvalue weighted by Crippen LogP contribution is -1.94. The maximum atomic E-state index is 4.03. The predicted octanol–water partition coefficient (Wildman–Crippen LogP) is 1.41. The van der Waals surface area contributed by atoms with Gasteiger partial charge in [-0.15, -0.1) is 0 Å². The summed E-state index contributed by atoms with van der Waals surface area (Å²) in [6.07, 6.45) is 4.21. The molecule has 38 valence electrons. The zero-order valence-corrected chi connectivity index (χ0v) is 4.35. The van der Waals surface area contributed by atoms with Crippen molar-refractivity contribution in [2.75, 3.05) is 6.54 Å². The van der Waals surface area contributed by atoms with Crippen LogP contribution in [0.15, 0.2) is 17.1 Å². The highest BCUT2D eigenvalue weighted by Crippen LogP contribution is 2.04. The molecule has 0 aliphatic carbocycles. The lowest BCUT2D eigenvalue weighted by Gasteiger charge is -2.02. The van der Waals surface area contributed by atoms with Crippen molar-refractivity contribution in [1.29, 1.82) is 0 Å². The van der Waals surface area contributed by atoms with E-state index in [1.54, 1.807) is 0 Å². The Kier molecular flexibility index (Phi) is 1.25. The zero-order chi connectivity index (χ0) is 5.11. The molecule has 0 unspecified atom stereocenters. The first kappa shape index (κ1) is 4.57. The smallest absolute Gasteiger partial charge is 0.0593 e. The first-order valence-corrected chi connectivity index (χ1v) is 2.54. The monoisotopic (exact) mass is 95.1 g/mol. The quantitative estimate of drug-likeness (QED) is 0.403. The van der Waals surface area contributed by atoms with Gasteiger partial charge in [0.05, 0.1) is 6.54 Å². The average molecular weight is 95.1 g/mol. The summed E-state index contributed by atoms with van der Waals surface area (Å²) in [5.41, 5.74) is 1.27. The summed E-state index contributed by atoms with van der Waals surface area (Å²) >= 11 is 0. The number of rotatable bonds is 0. The maximum Gasteiger partial charge on any atom is 0.0593 e. The second-order valence-electron chi connectivity index (χ2n) is 1.81. The third-order valence-corrected chi connectivity index (χ3v) is 1.07. The summed E-state index contributed by atoms with van der Waals surface area (Å²) in [5, 5.41) is 0. The van der Waals surface area contributed by atoms with Crippen LogP contribution in [0, 0.1) is 0 Å². The van der Waals surface area contributed by atoms with Gasteiger partial charge in [0.2, 0.25) is 0 Å². The van der Waals surface area contributed by atoms with Gasteiger partial charge in [-0.3, -0.25) is 4.99 Å². The van der Waals surface area contributed by atoms with Crippen LogP contribution in [0.2, 0.25) is 0 Å². The molecule has 1 heteroatoms. The van der Waals surface area contributed by atoms with Crippen LogP contribution in [-0.4, -0.2) is 12.8 Å². The van der Waals surface area contributed by atoms with Gasteiger partial charge in [-0.2, -0.15) is 0 Å². The number of nitrogens with zero attached hydrogens (tertiary/aromatic N) is 1. The molecule has 0 aromatic carbocycles. The van der Waals surface area contributed by atoms with Gasteiger partial charge >= 0.3 is 0 Å². The van der Waals surface area contributed by atoms with E-state index in [4.69, 9.17) is 0 Å². The van der Waals surface area contributed by atoms with Gasteiger partial charge in [0.1, 0.15) is 0 Å². The molecule has 0 fully saturated rings. The van der Waals surface area contributed by atoms with Gasteiger partial charge in [-0.25, -0.2) is 0 Å². The summed E-state index contributed by atoms with van der Waals surface area (Å²) in [6, 6.07) is 0. The van der Waals surface area contributed by atoms with Gasteiger partial charge in [-0.05, 0) is 19.1 Å². The van der Waals surface area contributed by atoms with Crippen LogP contribution < -0.4 is 0 Å². The van der Waals surface area contributed by atoms with E-state index in [0.29, 0.717) is 0 Å². The van der Waals surface area contributed by atoms with E-state index in [0.717, 1.165) is 19.4 Å². The van der Waals surface area contributed by atoms with Crippen molar-refractivity contribution in [2.24, 2.45) is 4.99 Å². The van der Waals surface area contributed by atoms with E-state index in [2.05, 4.69) is 11.6 Å². The van der Waals surface area contributed by atoms with E-state index in [1.165, 1.54) is 5.57 Å². The Morgan fingerprint density at radius 2 is 2.57 bits per heavy atom. The van der Waals surface area contributed by atoms with Crippen LogP contribution in [0.25, 0.3) is 0 Å². The maximum absolute atomic E-state index is 4.03. The molecule has 1 heterocycles. The summed E-state index contributed by atoms with van der Waals surface area (Å²) < 4.78 is 0. The topological polar surface area (TPSA) is 12.4 Å². The largest absolute Gasteiger partial charge is 0.293 e. The average Bonchev–Trinajstić information content (AvgIpc) is 1.69. The van der Waals surface area contributed by atoms with Crippen molar-refractivity contribution in [3.63, 3.8) is 0 Å². The van der Waals surface area contributed by atoms with Crippen molar-refractivity contribution in [2.45, 2.75) is 12.8 Å². The van der Waals surface area contributed by atoms with E-state index in [1.807, 2.05) is 6.21 Å². The molecular weight excluding hydrogens is 86.1 g/mol. The fourth-order valence-electron chi connectivity index (χ4n) is 0.633. The highest BCUT2D eigenvalue weighted by molar-refractivity contribution is 5.59. The highest BCUT2D eigenvalue weighted by Gasteiger charge is 1.94. The third-order valence-electron chi connectivity index (χ3n) is 1.07. The molecule has 1 aliphatic heterocycles. The second-order valence-corrected chi connectivity index (χ2v) is 1.81. The van der Waals surface area contributed by atoms with Gasteiger partial charge in [0.15, 0.2) is 0 Å². The van der Waals surface area contributed by atoms with E-state index in [9.17, 15) is 0 Å². The van der Waals surface area contributed by atoms with Gasteiger partial charge in [0.25, 0.3) is 0 Å². The normalized spacial score (nSPS) is 20.3. The molecule has 1 nitrogen and oxygen atoms in total. The van der Waals surface area contributed by atoms with Crippen molar-refractivity contribution in [3.05, 3.63) is 12.2 Å². The first-order chi connectivity index (χ1) is 3.39. The van der Waals surface area contributed by atoms with Crippen LogP contribution in [-0.2, 0) is 0 Å². The zero-order valence-electron chi connectivity index (χ0n) is 4.35. The molecule has 0 saturated heterocycles. The van der Waals surface area contributed by atoms with E-state index in [-0.39, 0.29) is 0 Å².